The SMILES string of the molecule is CCN(CC(=O)NC)C(=O)CC1CNCCO1. The third-order valence-corrected chi connectivity index (χ3v) is 2.75. The number of nitrogens with one attached hydrogen (secondary N) is 2. The average molecular weight is 243 g/mol. The molecule has 0 aromatic heterocycles. The monoisotopic (exact) mass is 243 g/mol. The Kier molecular flexibility index (Phi) is 5.93. The van der Waals surface area contributed by atoms with Gasteiger partial charge >= 0.3 is 0 Å². The summed E-state index contributed by atoms with van der Waals surface area (Å²) in [6.45, 7) is 4.68. The quantitative estimate of drug-likeness (QED) is 0.647. The van der Waals surface area contributed by atoms with Gasteiger partial charge in [0.1, 0.15) is 0 Å². The molecule has 1 aliphatic rings. The number of carbonyl (C=O) groups excluding carboxylic acids is 2. The fraction of sp³-hybridized carbons (Fsp3) is 0.818. The molecule has 6 heteroatoms. The van der Waals surface area contributed by atoms with Crippen molar-refractivity contribution in [3.63, 3.8) is 0 Å². The standard InChI is InChI=1S/C11H21N3O3/c1-3-14(8-10(15)12-2)11(16)6-9-7-13-4-5-17-9/h9,13H,3-8H2,1-2H3,(H,12,15). The maximum absolute atomic E-state index is 11.9. The lowest BCUT2D eigenvalue weighted by Crippen LogP contribution is -2.44. The highest BCUT2D eigenvalue weighted by Crippen LogP contribution is 2.05. The second kappa shape index (κ2) is 7.24. The fourth-order valence-corrected chi connectivity index (χ4v) is 1.70. The number of ether oxygens (including phenoxy) is 1. The highest BCUT2D eigenvalue weighted by molar-refractivity contribution is 5.84. The fourth-order valence-electron chi connectivity index (χ4n) is 1.70. The third kappa shape index (κ3) is 4.70. The van der Waals surface area contributed by atoms with Gasteiger partial charge in [0, 0.05) is 26.7 Å². The number of rotatable bonds is 5. The van der Waals surface area contributed by atoms with Gasteiger partial charge in [-0.1, -0.05) is 0 Å². The summed E-state index contributed by atoms with van der Waals surface area (Å²) >= 11 is 0. The molecular formula is C11H21N3O3. The molecule has 0 aromatic rings. The van der Waals surface area contributed by atoms with Gasteiger partial charge in [0.2, 0.25) is 11.8 Å². The van der Waals surface area contributed by atoms with E-state index in [9.17, 15) is 9.59 Å². The number of amides is 2. The van der Waals surface area contributed by atoms with Gasteiger partial charge in [-0.25, -0.2) is 0 Å². The van der Waals surface area contributed by atoms with Crippen molar-refractivity contribution in [1.29, 1.82) is 0 Å². The molecule has 2 N–H and O–H groups in total. The van der Waals surface area contributed by atoms with Crippen LogP contribution in [0.5, 0.6) is 0 Å². The predicted octanol–water partition coefficient (Wildman–Crippen LogP) is -1.04. The first kappa shape index (κ1) is 13.9. The second-order valence-corrected chi connectivity index (χ2v) is 3.98. The van der Waals surface area contributed by atoms with Crippen molar-refractivity contribution < 1.29 is 14.3 Å². The van der Waals surface area contributed by atoms with Crippen molar-refractivity contribution in [1.82, 2.24) is 15.5 Å². The Labute approximate surface area is 102 Å². The van der Waals surface area contributed by atoms with Gasteiger partial charge in [-0.05, 0) is 6.92 Å². The smallest absolute Gasteiger partial charge is 0.239 e. The molecule has 1 aliphatic heterocycles. The highest BCUT2D eigenvalue weighted by atomic mass is 16.5. The van der Waals surface area contributed by atoms with Crippen molar-refractivity contribution in [3.8, 4) is 0 Å². The lowest BCUT2D eigenvalue weighted by molar-refractivity contribution is -0.138. The molecule has 2 amide bonds. The minimum Gasteiger partial charge on any atom is -0.375 e. The summed E-state index contributed by atoms with van der Waals surface area (Å²) < 4.78 is 5.46. The van der Waals surface area contributed by atoms with Gasteiger partial charge in [0.15, 0.2) is 0 Å². The Morgan fingerprint density at radius 3 is 2.82 bits per heavy atom. The summed E-state index contributed by atoms with van der Waals surface area (Å²) in [6, 6.07) is 0. The maximum Gasteiger partial charge on any atom is 0.239 e. The van der Waals surface area contributed by atoms with E-state index in [1.54, 1.807) is 7.05 Å². The van der Waals surface area contributed by atoms with E-state index in [-0.39, 0.29) is 24.5 Å². The number of carbonyl (C=O) groups is 2. The molecule has 0 spiro atoms. The van der Waals surface area contributed by atoms with Gasteiger partial charge in [0.25, 0.3) is 0 Å². The Balaban J connectivity index is 2.39. The van der Waals surface area contributed by atoms with E-state index in [0.29, 0.717) is 26.1 Å². The van der Waals surface area contributed by atoms with E-state index in [1.807, 2.05) is 6.92 Å². The molecule has 0 bridgehead atoms. The molecule has 1 heterocycles. The Morgan fingerprint density at radius 1 is 1.53 bits per heavy atom. The average Bonchev–Trinajstić information content (AvgIpc) is 2.36. The van der Waals surface area contributed by atoms with Crippen LogP contribution in [0.15, 0.2) is 0 Å². The zero-order valence-electron chi connectivity index (χ0n) is 10.5. The normalized spacial score (nSPS) is 19.8. The Bertz CT molecular complexity index is 265. The molecule has 1 rings (SSSR count). The number of nitrogens with zero attached hydrogens (tertiary/aromatic N) is 1. The van der Waals surface area contributed by atoms with Crippen molar-refractivity contribution >= 4 is 11.8 Å². The van der Waals surface area contributed by atoms with Crippen LogP contribution < -0.4 is 10.6 Å². The van der Waals surface area contributed by atoms with Crippen molar-refractivity contribution in [2.75, 3.05) is 39.8 Å². The van der Waals surface area contributed by atoms with Gasteiger partial charge < -0.3 is 20.3 Å². The topological polar surface area (TPSA) is 70.7 Å². The summed E-state index contributed by atoms with van der Waals surface area (Å²) in [5, 5.41) is 5.69. The van der Waals surface area contributed by atoms with Crippen LogP contribution in [0.25, 0.3) is 0 Å². The first-order chi connectivity index (χ1) is 8.17. The van der Waals surface area contributed by atoms with E-state index in [1.165, 1.54) is 4.90 Å². The molecular weight excluding hydrogens is 222 g/mol. The minimum atomic E-state index is -0.150. The zero-order valence-corrected chi connectivity index (χ0v) is 10.5. The number of morpholine rings is 1. The third-order valence-electron chi connectivity index (χ3n) is 2.75. The molecule has 0 saturated carbocycles. The molecule has 1 fully saturated rings. The van der Waals surface area contributed by atoms with E-state index in [4.69, 9.17) is 4.74 Å². The van der Waals surface area contributed by atoms with Crippen molar-refractivity contribution in [2.45, 2.75) is 19.4 Å². The lowest BCUT2D eigenvalue weighted by atomic mass is 10.2. The van der Waals surface area contributed by atoms with Crippen LogP contribution in [0.3, 0.4) is 0 Å². The Morgan fingerprint density at radius 2 is 2.29 bits per heavy atom. The van der Waals surface area contributed by atoms with Crippen molar-refractivity contribution in [2.24, 2.45) is 0 Å². The van der Waals surface area contributed by atoms with Crippen LogP contribution in [-0.2, 0) is 14.3 Å². The van der Waals surface area contributed by atoms with Crippen LogP contribution in [0.2, 0.25) is 0 Å². The Hall–Kier alpha value is -1.14. The van der Waals surface area contributed by atoms with Crippen LogP contribution >= 0.6 is 0 Å². The molecule has 1 unspecified atom stereocenters. The molecule has 17 heavy (non-hydrogen) atoms. The van der Waals surface area contributed by atoms with E-state index >= 15 is 0 Å². The highest BCUT2D eigenvalue weighted by Gasteiger charge is 2.21. The van der Waals surface area contributed by atoms with Gasteiger partial charge in [-0.15, -0.1) is 0 Å². The summed E-state index contributed by atoms with van der Waals surface area (Å²) in [4.78, 5) is 24.7. The van der Waals surface area contributed by atoms with Crippen LogP contribution in [0.1, 0.15) is 13.3 Å². The van der Waals surface area contributed by atoms with Gasteiger partial charge in [-0.3, -0.25) is 9.59 Å². The largest absolute Gasteiger partial charge is 0.375 e. The molecule has 1 saturated heterocycles. The molecule has 0 radical (unpaired) electrons. The van der Waals surface area contributed by atoms with E-state index in [0.717, 1.165) is 6.54 Å². The molecule has 1 atom stereocenters. The van der Waals surface area contributed by atoms with E-state index < -0.39 is 0 Å². The molecule has 0 aliphatic carbocycles. The zero-order chi connectivity index (χ0) is 12.7. The number of likely N-dealkylation sites (N-methyl/N-ethyl adjacent to an activating group) is 2. The predicted molar refractivity (Wildman–Crippen MR) is 63.5 cm³/mol. The summed E-state index contributed by atoms with van der Waals surface area (Å²) in [5.41, 5.74) is 0. The molecule has 0 aromatic carbocycles. The first-order valence-corrected chi connectivity index (χ1v) is 5.98. The maximum atomic E-state index is 11.9. The number of hydrogen-bond acceptors (Lipinski definition) is 4. The molecule has 6 nitrogen and oxygen atoms in total. The molecule has 98 valence electrons. The van der Waals surface area contributed by atoms with Crippen LogP contribution in [0, 0.1) is 0 Å². The minimum absolute atomic E-state index is 0.0372. The van der Waals surface area contributed by atoms with E-state index in [2.05, 4.69) is 10.6 Å². The van der Waals surface area contributed by atoms with Crippen molar-refractivity contribution in [3.05, 3.63) is 0 Å². The second-order valence-electron chi connectivity index (χ2n) is 3.98. The first-order valence-electron chi connectivity index (χ1n) is 5.98. The summed E-state index contributed by atoms with van der Waals surface area (Å²) in [5.74, 6) is -0.187. The van der Waals surface area contributed by atoms with Gasteiger partial charge in [0.05, 0.1) is 25.7 Å². The van der Waals surface area contributed by atoms with Crippen LogP contribution in [-0.4, -0.2) is 62.7 Å². The summed E-state index contributed by atoms with van der Waals surface area (Å²) in [7, 11) is 1.56. The number of hydrogen-bond donors (Lipinski definition) is 2. The lowest BCUT2D eigenvalue weighted by Gasteiger charge is -2.26. The van der Waals surface area contributed by atoms with Crippen LogP contribution in [0.4, 0.5) is 0 Å². The van der Waals surface area contributed by atoms with Gasteiger partial charge in [-0.2, -0.15) is 0 Å². The summed E-state index contributed by atoms with van der Waals surface area (Å²) in [6.07, 6.45) is 0.257.